The highest BCUT2D eigenvalue weighted by Crippen LogP contribution is 2.46. The van der Waals surface area contributed by atoms with E-state index in [-0.39, 0.29) is 17.0 Å². The first-order valence-electron chi connectivity index (χ1n) is 10.3. The SMILES string of the molecule is COc1ccc(Cc2nnc(SCC(=O)C=C3N(C)c4ccccc4C3(C)C)n2N)cc1. The topological polar surface area (TPSA) is 86.3 Å². The second-order valence-electron chi connectivity index (χ2n) is 8.28. The van der Waals surface area contributed by atoms with E-state index >= 15 is 0 Å². The Bertz CT molecular complexity index is 1170. The molecule has 1 aliphatic heterocycles. The number of aromatic nitrogens is 3. The number of benzene rings is 2. The molecule has 0 amide bonds. The van der Waals surface area contributed by atoms with Crippen molar-refractivity contribution in [1.29, 1.82) is 0 Å². The average Bonchev–Trinajstić information content (AvgIpc) is 3.23. The Morgan fingerprint density at radius 1 is 1.16 bits per heavy atom. The molecule has 0 spiro atoms. The number of rotatable bonds is 7. The number of likely N-dealkylation sites (N-methyl/N-ethyl adjacent to an activating group) is 1. The van der Waals surface area contributed by atoms with Crippen LogP contribution in [0.3, 0.4) is 0 Å². The maximum Gasteiger partial charge on any atom is 0.210 e. The summed E-state index contributed by atoms with van der Waals surface area (Å²) in [6, 6.07) is 16.0. The number of anilines is 1. The fraction of sp³-hybridized carbons (Fsp3) is 0.292. The first kappa shape index (κ1) is 22.0. The van der Waals surface area contributed by atoms with E-state index in [1.165, 1.54) is 22.0 Å². The van der Waals surface area contributed by atoms with Gasteiger partial charge >= 0.3 is 0 Å². The molecule has 8 heteroatoms. The lowest BCUT2D eigenvalue weighted by molar-refractivity contribution is -0.112. The number of hydrogen-bond acceptors (Lipinski definition) is 7. The monoisotopic (exact) mass is 449 g/mol. The van der Waals surface area contributed by atoms with Gasteiger partial charge in [-0.25, -0.2) is 4.68 Å². The second kappa shape index (κ2) is 8.70. The number of para-hydroxylation sites is 1. The Hall–Kier alpha value is -3.26. The highest BCUT2D eigenvalue weighted by molar-refractivity contribution is 7.99. The summed E-state index contributed by atoms with van der Waals surface area (Å²) in [5, 5.41) is 8.88. The Balaban J connectivity index is 1.42. The van der Waals surface area contributed by atoms with Crippen LogP contribution in [0.4, 0.5) is 5.69 Å². The number of methoxy groups -OCH3 is 1. The minimum atomic E-state index is -0.231. The number of thioether (sulfide) groups is 1. The molecular weight excluding hydrogens is 422 g/mol. The van der Waals surface area contributed by atoms with E-state index in [1.807, 2.05) is 43.4 Å². The summed E-state index contributed by atoms with van der Waals surface area (Å²) < 4.78 is 6.64. The largest absolute Gasteiger partial charge is 0.497 e. The van der Waals surface area contributed by atoms with Gasteiger partial charge in [0.15, 0.2) is 11.6 Å². The van der Waals surface area contributed by atoms with Gasteiger partial charge in [-0.05, 0) is 29.3 Å². The lowest BCUT2D eigenvalue weighted by Gasteiger charge is -2.23. The van der Waals surface area contributed by atoms with Gasteiger partial charge in [-0.15, -0.1) is 10.2 Å². The molecule has 3 aromatic rings. The summed E-state index contributed by atoms with van der Waals surface area (Å²) in [7, 11) is 3.64. The van der Waals surface area contributed by atoms with Crippen LogP contribution < -0.4 is 15.5 Å². The molecular formula is C24H27N5O2S. The van der Waals surface area contributed by atoms with Gasteiger partial charge in [-0.2, -0.15) is 0 Å². The van der Waals surface area contributed by atoms with Crippen LogP contribution in [-0.2, 0) is 16.6 Å². The van der Waals surface area contributed by atoms with Crippen molar-refractivity contribution >= 4 is 23.2 Å². The maximum atomic E-state index is 12.8. The normalized spacial score (nSPS) is 15.8. The van der Waals surface area contributed by atoms with Gasteiger partial charge in [0.05, 0.1) is 12.9 Å². The number of nitrogens with zero attached hydrogens (tertiary/aromatic N) is 4. The minimum absolute atomic E-state index is 0.0115. The van der Waals surface area contributed by atoms with Gasteiger partial charge in [0.25, 0.3) is 0 Å². The zero-order chi connectivity index (χ0) is 22.9. The molecule has 2 aromatic carbocycles. The van der Waals surface area contributed by atoms with Crippen LogP contribution in [-0.4, -0.2) is 40.6 Å². The lowest BCUT2D eigenvalue weighted by atomic mass is 9.83. The smallest absolute Gasteiger partial charge is 0.210 e. The van der Waals surface area contributed by atoms with Crippen LogP contribution in [0.1, 0.15) is 30.8 Å². The van der Waals surface area contributed by atoms with E-state index in [0.29, 0.717) is 17.4 Å². The van der Waals surface area contributed by atoms with Crippen LogP contribution in [0.2, 0.25) is 0 Å². The van der Waals surface area contributed by atoms with Gasteiger partial charge in [0, 0.05) is 36.3 Å². The highest BCUT2D eigenvalue weighted by Gasteiger charge is 2.38. The quantitative estimate of drug-likeness (QED) is 0.335. The van der Waals surface area contributed by atoms with Crippen LogP contribution in [0.15, 0.2) is 65.5 Å². The van der Waals surface area contributed by atoms with E-state index in [9.17, 15) is 4.79 Å². The first-order chi connectivity index (χ1) is 15.3. The molecule has 0 saturated carbocycles. The zero-order valence-corrected chi connectivity index (χ0v) is 19.5. The molecule has 4 rings (SSSR count). The number of carbonyl (C=O) groups excluding carboxylic acids is 1. The number of nitrogens with two attached hydrogens (primary N) is 1. The average molecular weight is 450 g/mol. The van der Waals surface area contributed by atoms with Crippen LogP contribution in [0.25, 0.3) is 0 Å². The Labute approximate surface area is 192 Å². The molecule has 1 aliphatic rings. The van der Waals surface area contributed by atoms with E-state index in [1.54, 1.807) is 13.2 Å². The van der Waals surface area contributed by atoms with Crippen LogP contribution in [0.5, 0.6) is 5.75 Å². The van der Waals surface area contributed by atoms with Gasteiger partial charge in [0.1, 0.15) is 5.75 Å². The highest BCUT2D eigenvalue weighted by atomic mass is 32.2. The van der Waals surface area contributed by atoms with Crippen molar-refractivity contribution in [3.63, 3.8) is 0 Å². The Morgan fingerprint density at radius 2 is 1.88 bits per heavy atom. The van der Waals surface area contributed by atoms with Gasteiger partial charge in [0.2, 0.25) is 5.16 Å². The molecule has 2 heterocycles. The molecule has 0 atom stereocenters. The van der Waals surface area contributed by atoms with Crippen molar-refractivity contribution < 1.29 is 9.53 Å². The van der Waals surface area contributed by atoms with Crippen molar-refractivity contribution in [2.45, 2.75) is 30.8 Å². The zero-order valence-electron chi connectivity index (χ0n) is 18.7. The second-order valence-corrected chi connectivity index (χ2v) is 9.22. The van der Waals surface area contributed by atoms with Crippen molar-refractivity contribution in [1.82, 2.24) is 14.9 Å². The third-order valence-electron chi connectivity index (χ3n) is 5.84. The number of ketones is 1. The molecule has 0 unspecified atom stereocenters. The predicted octanol–water partition coefficient (Wildman–Crippen LogP) is 3.56. The molecule has 1 aromatic heterocycles. The number of ether oxygens (including phenoxy) is 1. The number of fused-ring (bicyclic) bond motifs is 1. The summed E-state index contributed by atoms with van der Waals surface area (Å²) in [4.78, 5) is 14.9. The maximum absolute atomic E-state index is 12.8. The van der Waals surface area contributed by atoms with E-state index in [2.05, 4.69) is 41.1 Å². The Kier molecular flexibility index (Phi) is 5.97. The van der Waals surface area contributed by atoms with E-state index in [0.717, 1.165) is 22.7 Å². The minimum Gasteiger partial charge on any atom is -0.497 e. The lowest BCUT2D eigenvalue weighted by Crippen LogP contribution is -2.24. The van der Waals surface area contributed by atoms with Crippen molar-refractivity contribution in [2.24, 2.45) is 0 Å². The number of carbonyl (C=O) groups is 1. The molecule has 166 valence electrons. The van der Waals surface area contributed by atoms with Crippen LogP contribution in [0, 0.1) is 0 Å². The van der Waals surface area contributed by atoms with Crippen LogP contribution >= 0.6 is 11.8 Å². The standard InChI is InChI=1S/C24H27N5O2S/c1-24(2)19-7-5-6-8-20(19)28(3)21(24)14-17(30)15-32-23-27-26-22(29(23)25)13-16-9-11-18(31-4)12-10-16/h5-12,14H,13,15,25H2,1-4H3. The van der Waals surface area contributed by atoms with E-state index < -0.39 is 0 Å². The molecule has 32 heavy (non-hydrogen) atoms. The third kappa shape index (κ3) is 4.10. The van der Waals surface area contributed by atoms with E-state index in [4.69, 9.17) is 10.6 Å². The summed E-state index contributed by atoms with van der Waals surface area (Å²) in [6.07, 6.45) is 2.28. The van der Waals surface area contributed by atoms with Crippen molar-refractivity contribution in [2.75, 3.05) is 30.7 Å². The van der Waals surface area contributed by atoms with Crippen molar-refractivity contribution in [3.8, 4) is 5.75 Å². The van der Waals surface area contributed by atoms with Crippen molar-refractivity contribution in [3.05, 3.63) is 77.3 Å². The van der Waals surface area contributed by atoms with Gasteiger partial charge < -0.3 is 15.5 Å². The molecule has 7 nitrogen and oxygen atoms in total. The molecule has 0 radical (unpaired) electrons. The van der Waals surface area contributed by atoms with Gasteiger partial charge in [-0.3, -0.25) is 4.79 Å². The summed E-state index contributed by atoms with van der Waals surface area (Å²) in [5.41, 5.74) is 4.16. The molecule has 2 N–H and O–H groups in total. The fourth-order valence-corrected chi connectivity index (χ4v) is 4.74. The molecule has 0 aliphatic carbocycles. The number of hydrogen-bond donors (Lipinski definition) is 1. The molecule has 0 bridgehead atoms. The molecule has 0 saturated heterocycles. The predicted molar refractivity (Wildman–Crippen MR) is 128 cm³/mol. The van der Waals surface area contributed by atoms with Gasteiger partial charge in [-0.1, -0.05) is 55.9 Å². The Morgan fingerprint density at radius 3 is 2.56 bits per heavy atom. The first-order valence-corrected chi connectivity index (χ1v) is 11.3. The number of allylic oxidation sites excluding steroid dienone is 2. The number of nitrogen functional groups attached to an aromatic ring is 1. The summed E-state index contributed by atoms with van der Waals surface area (Å²) in [5.74, 6) is 7.87. The molecule has 0 fully saturated rings. The summed E-state index contributed by atoms with van der Waals surface area (Å²) in [6.45, 7) is 4.28. The fourth-order valence-electron chi connectivity index (χ4n) is 4.04. The summed E-state index contributed by atoms with van der Waals surface area (Å²) >= 11 is 1.29. The third-order valence-corrected chi connectivity index (χ3v) is 6.80.